The van der Waals surface area contributed by atoms with Crippen LogP contribution >= 0.6 is 0 Å². The second kappa shape index (κ2) is 5.59. The van der Waals surface area contributed by atoms with Gasteiger partial charge in [-0.1, -0.05) is 35.0 Å². The van der Waals surface area contributed by atoms with E-state index in [1.54, 1.807) is 0 Å². The average molecular weight is 230 g/mol. The minimum Gasteiger partial charge on any atom is -0.330 e. The highest BCUT2D eigenvalue weighted by Crippen LogP contribution is 2.18. The van der Waals surface area contributed by atoms with Crippen molar-refractivity contribution < 1.29 is 0 Å². The van der Waals surface area contributed by atoms with Crippen LogP contribution < -0.4 is 5.73 Å². The van der Waals surface area contributed by atoms with Crippen molar-refractivity contribution in [2.45, 2.75) is 26.3 Å². The molecule has 2 rings (SSSR count). The summed E-state index contributed by atoms with van der Waals surface area (Å²) in [7, 11) is 0. The van der Waals surface area contributed by atoms with Crippen molar-refractivity contribution in [3.63, 3.8) is 0 Å². The highest BCUT2D eigenvalue weighted by Gasteiger charge is 2.05. The molecule has 4 nitrogen and oxygen atoms in total. The summed E-state index contributed by atoms with van der Waals surface area (Å²) in [5.74, 6) is 0. The van der Waals surface area contributed by atoms with Crippen molar-refractivity contribution >= 4 is 0 Å². The number of nitrogens with two attached hydrogens (primary N) is 1. The van der Waals surface area contributed by atoms with Gasteiger partial charge in [-0.25, -0.2) is 4.68 Å². The lowest BCUT2D eigenvalue weighted by Crippen LogP contribution is -2.05. The molecule has 0 aliphatic rings. The van der Waals surface area contributed by atoms with Crippen molar-refractivity contribution in [1.82, 2.24) is 15.0 Å². The Hall–Kier alpha value is -1.68. The van der Waals surface area contributed by atoms with E-state index in [4.69, 9.17) is 5.73 Å². The molecule has 0 spiro atoms. The molecular formula is C13H18N4. The Morgan fingerprint density at radius 1 is 1.18 bits per heavy atom. The fourth-order valence-electron chi connectivity index (χ4n) is 1.78. The molecule has 4 heteroatoms. The smallest absolute Gasteiger partial charge is 0.0885 e. The Bertz CT molecular complexity index is 459. The highest BCUT2D eigenvalue weighted by molar-refractivity contribution is 5.58. The number of hydrogen-bond donors (Lipinski definition) is 1. The molecule has 0 atom stereocenters. The second-order valence-electron chi connectivity index (χ2n) is 4.20. The van der Waals surface area contributed by atoms with E-state index in [1.807, 2.05) is 10.9 Å². The van der Waals surface area contributed by atoms with E-state index in [0.717, 1.165) is 37.2 Å². The van der Waals surface area contributed by atoms with Crippen molar-refractivity contribution in [1.29, 1.82) is 0 Å². The zero-order valence-corrected chi connectivity index (χ0v) is 10.1. The van der Waals surface area contributed by atoms with Gasteiger partial charge in [0.2, 0.25) is 0 Å². The fourth-order valence-corrected chi connectivity index (χ4v) is 1.78. The molecule has 2 N–H and O–H groups in total. The molecule has 0 aliphatic carbocycles. The van der Waals surface area contributed by atoms with Gasteiger partial charge >= 0.3 is 0 Å². The molecule has 1 aromatic heterocycles. The van der Waals surface area contributed by atoms with Gasteiger partial charge in [-0.15, -0.1) is 5.10 Å². The first-order valence-electron chi connectivity index (χ1n) is 5.97. The number of hydrogen-bond acceptors (Lipinski definition) is 3. The summed E-state index contributed by atoms with van der Waals surface area (Å²) in [6.45, 7) is 3.69. The molecule has 0 radical (unpaired) electrons. The maximum atomic E-state index is 5.49. The van der Waals surface area contributed by atoms with Crippen LogP contribution in [0, 0.1) is 6.92 Å². The number of benzene rings is 1. The van der Waals surface area contributed by atoms with Gasteiger partial charge in [0.1, 0.15) is 0 Å². The van der Waals surface area contributed by atoms with Crippen molar-refractivity contribution in [2.75, 3.05) is 6.54 Å². The normalized spacial score (nSPS) is 10.7. The molecule has 0 bridgehead atoms. The van der Waals surface area contributed by atoms with Gasteiger partial charge < -0.3 is 5.73 Å². The summed E-state index contributed by atoms with van der Waals surface area (Å²) in [5.41, 5.74) is 8.98. The minimum atomic E-state index is 0.731. The van der Waals surface area contributed by atoms with Crippen LogP contribution in [0.25, 0.3) is 11.3 Å². The number of unbranched alkanes of at least 4 members (excludes halogenated alkanes) is 1. The van der Waals surface area contributed by atoms with Crippen LogP contribution in [0.4, 0.5) is 0 Å². The van der Waals surface area contributed by atoms with E-state index in [1.165, 1.54) is 5.56 Å². The Kier molecular flexibility index (Phi) is 3.88. The lowest BCUT2D eigenvalue weighted by molar-refractivity contribution is 0.549. The van der Waals surface area contributed by atoms with E-state index in [0.29, 0.717) is 0 Å². The Balaban J connectivity index is 2.15. The third-order valence-corrected chi connectivity index (χ3v) is 2.79. The Morgan fingerprint density at radius 2 is 1.94 bits per heavy atom. The molecule has 0 amide bonds. The number of aromatic nitrogens is 3. The molecule has 0 saturated heterocycles. The number of rotatable bonds is 5. The molecule has 1 aromatic carbocycles. The van der Waals surface area contributed by atoms with Gasteiger partial charge in [0.15, 0.2) is 0 Å². The first-order chi connectivity index (χ1) is 8.31. The number of nitrogens with zero attached hydrogens (tertiary/aromatic N) is 3. The Morgan fingerprint density at radius 3 is 2.65 bits per heavy atom. The fraction of sp³-hybridized carbons (Fsp3) is 0.385. The first kappa shape index (κ1) is 11.8. The van der Waals surface area contributed by atoms with Crippen LogP contribution in [-0.4, -0.2) is 21.5 Å². The van der Waals surface area contributed by atoms with Crippen LogP contribution in [0.1, 0.15) is 18.4 Å². The molecule has 17 heavy (non-hydrogen) atoms. The average Bonchev–Trinajstić information content (AvgIpc) is 2.79. The van der Waals surface area contributed by atoms with Crippen molar-refractivity contribution in [3.05, 3.63) is 36.0 Å². The van der Waals surface area contributed by atoms with Crippen LogP contribution in [0.5, 0.6) is 0 Å². The maximum absolute atomic E-state index is 5.49. The Labute approximate surface area is 101 Å². The predicted octanol–water partition coefficient (Wildman–Crippen LogP) is 1.99. The predicted molar refractivity (Wildman–Crippen MR) is 68.5 cm³/mol. The van der Waals surface area contributed by atoms with Crippen LogP contribution in [0.2, 0.25) is 0 Å². The highest BCUT2D eigenvalue weighted by atomic mass is 15.4. The van der Waals surface area contributed by atoms with E-state index < -0.39 is 0 Å². The SMILES string of the molecule is Cc1ccc(-c2cnnn2CCCCN)cc1. The van der Waals surface area contributed by atoms with Crippen molar-refractivity contribution in [2.24, 2.45) is 5.73 Å². The van der Waals surface area contributed by atoms with Crippen LogP contribution in [0.3, 0.4) is 0 Å². The summed E-state index contributed by atoms with van der Waals surface area (Å²) in [5, 5.41) is 8.09. The molecule has 2 aromatic rings. The maximum Gasteiger partial charge on any atom is 0.0885 e. The summed E-state index contributed by atoms with van der Waals surface area (Å²) in [4.78, 5) is 0. The lowest BCUT2D eigenvalue weighted by Gasteiger charge is -2.06. The van der Waals surface area contributed by atoms with Gasteiger partial charge in [-0.3, -0.25) is 0 Å². The molecule has 90 valence electrons. The lowest BCUT2D eigenvalue weighted by atomic mass is 10.1. The third kappa shape index (κ3) is 2.91. The molecule has 1 heterocycles. The molecule has 0 fully saturated rings. The van der Waals surface area contributed by atoms with Gasteiger partial charge in [0.25, 0.3) is 0 Å². The van der Waals surface area contributed by atoms with E-state index >= 15 is 0 Å². The summed E-state index contributed by atoms with van der Waals surface area (Å²) < 4.78 is 1.94. The van der Waals surface area contributed by atoms with Crippen LogP contribution in [0.15, 0.2) is 30.5 Å². The van der Waals surface area contributed by atoms with E-state index in [-0.39, 0.29) is 0 Å². The number of aryl methyl sites for hydroxylation is 2. The van der Waals surface area contributed by atoms with E-state index in [9.17, 15) is 0 Å². The van der Waals surface area contributed by atoms with Gasteiger partial charge in [-0.05, 0) is 26.3 Å². The third-order valence-electron chi connectivity index (χ3n) is 2.79. The molecule has 0 aliphatic heterocycles. The molecule has 0 saturated carbocycles. The first-order valence-corrected chi connectivity index (χ1v) is 5.97. The van der Waals surface area contributed by atoms with Gasteiger partial charge in [-0.2, -0.15) is 0 Å². The monoisotopic (exact) mass is 230 g/mol. The quantitative estimate of drug-likeness (QED) is 0.799. The zero-order chi connectivity index (χ0) is 12.1. The summed E-state index contributed by atoms with van der Waals surface area (Å²) in [6, 6.07) is 8.42. The molecular weight excluding hydrogens is 212 g/mol. The summed E-state index contributed by atoms with van der Waals surface area (Å²) >= 11 is 0. The minimum absolute atomic E-state index is 0.731. The second-order valence-corrected chi connectivity index (χ2v) is 4.20. The largest absolute Gasteiger partial charge is 0.330 e. The van der Waals surface area contributed by atoms with Crippen LogP contribution in [-0.2, 0) is 6.54 Å². The topological polar surface area (TPSA) is 56.7 Å². The summed E-state index contributed by atoms with van der Waals surface area (Å²) in [6.07, 6.45) is 3.87. The van der Waals surface area contributed by atoms with Crippen molar-refractivity contribution in [3.8, 4) is 11.3 Å². The molecule has 0 unspecified atom stereocenters. The zero-order valence-electron chi connectivity index (χ0n) is 10.1. The van der Waals surface area contributed by atoms with E-state index in [2.05, 4.69) is 41.5 Å². The standard InChI is InChI=1S/C13H18N4/c1-11-4-6-12(7-5-11)13-10-15-16-17(13)9-3-2-8-14/h4-7,10H,2-3,8-9,14H2,1H3. The van der Waals surface area contributed by atoms with Gasteiger partial charge in [0, 0.05) is 12.1 Å². The van der Waals surface area contributed by atoms with Gasteiger partial charge in [0.05, 0.1) is 11.9 Å².